The van der Waals surface area contributed by atoms with Crippen molar-refractivity contribution in [3.05, 3.63) is 77.2 Å². The predicted octanol–water partition coefficient (Wildman–Crippen LogP) is 5.25. The first-order valence-corrected chi connectivity index (χ1v) is 11.5. The van der Waals surface area contributed by atoms with Crippen LogP contribution in [0.15, 0.2) is 54.9 Å². The number of halogens is 1. The van der Waals surface area contributed by atoms with Gasteiger partial charge in [0.2, 0.25) is 0 Å². The Bertz CT molecular complexity index is 1210. The van der Waals surface area contributed by atoms with Crippen molar-refractivity contribution in [2.45, 2.75) is 45.3 Å². The van der Waals surface area contributed by atoms with E-state index in [2.05, 4.69) is 29.1 Å². The molecule has 0 radical (unpaired) electrons. The number of nitrogens with zero attached hydrogens (tertiary/aromatic N) is 4. The second-order valence-electron chi connectivity index (χ2n) is 9.06. The highest BCUT2D eigenvalue weighted by Crippen LogP contribution is 2.36. The number of hydrogen-bond donors (Lipinski definition) is 1. The Hall–Kier alpha value is -3.79. The van der Waals surface area contributed by atoms with Crippen molar-refractivity contribution in [2.24, 2.45) is 0 Å². The van der Waals surface area contributed by atoms with Gasteiger partial charge in [-0.25, -0.2) is 9.37 Å². The summed E-state index contributed by atoms with van der Waals surface area (Å²) in [5, 5.41) is 12.2. The van der Waals surface area contributed by atoms with Gasteiger partial charge >= 0.3 is 0 Å². The summed E-state index contributed by atoms with van der Waals surface area (Å²) in [5.74, 6) is 0.700. The van der Waals surface area contributed by atoms with Crippen LogP contribution in [0.5, 0.6) is 0 Å². The number of piperidine rings is 1. The molecule has 2 aromatic heterocycles. The van der Waals surface area contributed by atoms with E-state index in [1.807, 2.05) is 49.5 Å². The van der Waals surface area contributed by atoms with E-state index in [1.165, 1.54) is 6.20 Å². The molecular formula is C27H28FN5O. The van der Waals surface area contributed by atoms with Gasteiger partial charge in [0.05, 0.1) is 11.3 Å². The molecule has 1 aliphatic rings. The minimum absolute atomic E-state index is 0.109. The highest BCUT2D eigenvalue weighted by Gasteiger charge is 2.39. The normalized spacial score (nSPS) is 15.1. The number of hydrogen-bond acceptors (Lipinski definition) is 5. The van der Waals surface area contributed by atoms with E-state index in [0.717, 1.165) is 22.5 Å². The number of anilines is 1. The Balaban J connectivity index is 1.48. The summed E-state index contributed by atoms with van der Waals surface area (Å²) in [7, 11) is 0. The van der Waals surface area contributed by atoms with Crippen LogP contribution in [0.25, 0.3) is 11.1 Å². The summed E-state index contributed by atoms with van der Waals surface area (Å²) in [4.78, 5) is 23.5. The first-order chi connectivity index (χ1) is 16.3. The summed E-state index contributed by atoms with van der Waals surface area (Å²) >= 11 is 0. The van der Waals surface area contributed by atoms with Gasteiger partial charge in [0, 0.05) is 55.5 Å². The number of nitrogens with one attached hydrogen (secondary N) is 1. The van der Waals surface area contributed by atoms with Gasteiger partial charge in [-0.15, -0.1) is 0 Å². The zero-order chi connectivity index (χ0) is 24.3. The Morgan fingerprint density at radius 1 is 1.12 bits per heavy atom. The van der Waals surface area contributed by atoms with Gasteiger partial charge in [0.25, 0.3) is 5.91 Å². The lowest BCUT2D eigenvalue weighted by atomic mass is 9.89. The number of nitriles is 1. The highest BCUT2D eigenvalue weighted by molar-refractivity contribution is 5.96. The number of pyridine rings is 2. The number of benzene rings is 1. The minimum Gasteiger partial charge on any atom is -0.368 e. The topological polar surface area (TPSA) is 81.9 Å². The molecule has 1 fully saturated rings. The molecular weight excluding hydrogens is 429 g/mol. The third-order valence-electron chi connectivity index (χ3n) is 6.19. The quantitative estimate of drug-likeness (QED) is 0.566. The van der Waals surface area contributed by atoms with Gasteiger partial charge in [-0.1, -0.05) is 6.07 Å². The summed E-state index contributed by atoms with van der Waals surface area (Å²) in [6.07, 6.45) is 3.54. The van der Waals surface area contributed by atoms with E-state index in [9.17, 15) is 4.79 Å². The summed E-state index contributed by atoms with van der Waals surface area (Å²) in [6.45, 7) is 6.73. The molecule has 0 aliphatic carbocycles. The molecule has 0 bridgehead atoms. The molecule has 4 rings (SSSR count). The monoisotopic (exact) mass is 457 g/mol. The Labute approximate surface area is 199 Å². The molecule has 1 aliphatic heterocycles. The summed E-state index contributed by atoms with van der Waals surface area (Å²) < 4.78 is 15.5. The second-order valence-corrected chi connectivity index (χ2v) is 9.06. The summed E-state index contributed by atoms with van der Waals surface area (Å²) in [6, 6.07) is 15.0. The predicted molar refractivity (Wildman–Crippen MR) is 130 cm³/mol. The maximum absolute atomic E-state index is 15.5. The van der Waals surface area contributed by atoms with Crippen LogP contribution < -0.4 is 5.32 Å². The van der Waals surface area contributed by atoms with Crippen LogP contribution >= 0.6 is 0 Å². The highest BCUT2D eigenvalue weighted by atomic mass is 19.1. The molecule has 0 unspecified atom stereocenters. The smallest absolute Gasteiger partial charge is 0.253 e. The molecule has 174 valence electrons. The van der Waals surface area contributed by atoms with Gasteiger partial charge in [-0.2, -0.15) is 5.26 Å². The van der Waals surface area contributed by atoms with Gasteiger partial charge in [-0.05, 0) is 68.3 Å². The van der Waals surface area contributed by atoms with Gasteiger partial charge in [-0.3, -0.25) is 9.78 Å². The lowest BCUT2D eigenvalue weighted by Crippen LogP contribution is -2.43. The fraction of sp³-hybridized carbons (Fsp3) is 0.333. The van der Waals surface area contributed by atoms with Crippen molar-refractivity contribution in [3.8, 4) is 17.2 Å². The standard InChI is InChI=1S/C27H28FN5O/c1-18(2)32-25-9-7-22(17-31-25)23-14-21(6-4-19(23)3)26(34)33-12-10-27(28,11-13-33)24-8-5-20(15-29)16-30-24/h4-9,14,16-18H,10-13H2,1-3H3,(H,31,32). The van der Waals surface area contributed by atoms with E-state index < -0.39 is 5.67 Å². The Morgan fingerprint density at radius 2 is 1.88 bits per heavy atom. The van der Waals surface area contributed by atoms with Crippen molar-refractivity contribution in [2.75, 3.05) is 18.4 Å². The molecule has 0 saturated carbocycles. The number of carbonyl (C=O) groups excluding carboxylic acids is 1. The molecule has 0 atom stereocenters. The molecule has 1 saturated heterocycles. The molecule has 3 heterocycles. The molecule has 3 aromatic rings. The van der Waals surface area contributed by atoms with Crippen LogP contribution in [0.2, 0.25) is 0 Å². The molecule has 1 amide bonds. The zero-order valence-electron chi connectivity index (χ0n) is 19.7. The fourth-order valence-corrected chi connectivity index (χ4v) is 4.23. The third kappa shape index (κ3) is 4.91. The lowest BCUT2D eigenvalue weighted by molar-refractivity contribution is 0.0402. The minimum atomic E-state index is -1.60. The van der Waals surface area contributed by atoms with E-state index >= 15 is 4.39 Å². The zero-order valence-corrected chi connectivity index (χ0v) is 19.7. The number of rotatable bonds is 5. The maximum atomic E-state index is 15.5. The third-order valence-corrected chi connectivity index (χ3v) is 6.19. The Morgan fingerprint density at radius 3 is 2.47 bits per heavy atom. The molecule has 1 N–H and O–H groups in total. The Kier molecular flexibility index (Phi) is 6.60. The fourth-order valence-electron chi connectivity index (χ4n) is 4.23. The van der Waals surface area contributed by atoms with Crippen molar-refractivity contribution in [3.63, 3.8) is 0 Å². The van der Waals surface area contributed by atoms with Crippen molar-refractivity contribution >= 4 is 11.7 Å². The van der Waals surface area contributed by atoms with Crippen LogP contribution in [-0.2, 0) is 5.67 Å². The van der Waals surface area contributed by atoms with Crippen LogP contribution in [0.3, 0.4) is 0 Å². The first kappa shape index (κ1) is 23.4. The van der Waals surface area contributed by atoms with Crippen molar-refractivity contribution < 1.29 is 9.18 Å². The maximum Gasteiger partial charge on any atom is 0.253 e. The largest absolute Gasteiger partial charge is 0.368 e. The molecule has 7 heteroatoms. The number of likely N-dealkylation sites (tertiary alicyclic amines) is 1. The molecule has 1 aromatic carbocycles. The number of amides is 1. The van der Waals surface area contributed by atoms with Crippen LogP contribution in [0.4, 0.5) is 10.2 Å². The van der Waals surface area contributed by atoms with Crippen LogP contribution in [-0.4, -0.2) is 39.9 Å². The SMILES string of the molecule is Cc1ccc(C(=O)N2CCC(F)(c3ccc(C#N)cn3)CC2)cc1-c1ccc(NC(C)C)nc1. The molecule has 6 nitrogen and oxygen atoms in total. The number of carbonyl (C=O) groups is 1. The average Bonchev–Trinajstić information content (AvgIpc) is 2.85. The molecule has 34 heavy (non-hydrogen) atoms. The van der Waals surface area contributed by atoms with E-state index in [4.69, 9.17) is 5.26 Å². The number of alkyl halides is 1. The second kappa shape index (κ2) is 9.60. The summed E-state index contributed by atoms with van der Waals surface area (Å²) in [5.41, 5.74) is 2.64. The van der Waals surface area contributed by atoms with E-state index in [-0.39, 0.29) is 18.7 Å². The van der Waals surface area contributed by atoms with Crippen molar-refractivity contribution in [1.82, 2.24) is 14.9 Å². The molecule has 0 spiro atoms. The number of aromatic nitrogens is 2. The average molecular weight is 458 g/mol. The van der Waals surface area contributed by atoms with Gasteiger partial charge in [0.1, 0.15) is 11.9 Å². The van der Waals surface area contributed by atoms with Gasteiger partial charge in [0.15, 0.2) is 5.67 Å². The lowest BCUT2D eigenvalue weighted by Gasteiger charge is -2.36. The number of aryl methyl sites for hydroxylation is 1. The van der Waals surface area contributed by atoms with E-state index in [0.29, 0.717) is 36.0 Å². The van der Waals surface area contributed by atoms with Crippen LogP contribution in [0.1, 0.15) is 53.9 Å². The van der Waals surface area contributed by atoms with Crippen molar-refractivity contribution in [1.29, 1.82) is 5.26 Å². The van der Waals surface area contributed by atoms with Gasteiger partial charge < -0.3 is 10.2 Å². The first-order valence-electron chi connectivity index (χ1n) is 11.5. The van der Waals surface area contributed by atoms with E-state index in [1.54, 1.807) is 17.0 Å². The van der Waals surface area contributed by atoms with Crippen LogP contribution in [0, 0.1) is 18.3 Å².